The number of nitrogens with one attached hydrogen (secondary N) is 2. The molecular formula is C42H46N6O4S. The number of benzene rings is 4. The summed E-state index contributed by atoms with van der Waals surface area (Å²) in [5.41, 5.74) is 8.08. The number of hydrazine groups is 1. The fourth-order valence-electron chi connectivity index (χ4n) is 7.89. The molecule has 2 aliphatic rings. The third-order valence-corrected chi connectivity index (χ3v) is 10.8. The van der Waals surface area contributed by atoms with Crippen LogP contribution in [0, 0.1) is 0 Å². The molecule has 0 bridgehead atoms. The van der Waals surface area contributed by atoms with Gasteiger partial charge in [0, 0.05) is 102 Å². The van der Waals surface area contributed by atoms with Crippen molar-refractivity contribution in [2.75, 3.05) is 59.3 Å². The molecule has 53 heavy (non-hydrogen) atoms. The molecule has 10 nitrogen and oxygen atoms in total. The lowest BCUT2D eigenvalue weighted by Crippen LogP contribution is -2.57. The van der Waals surface area contributed by atoms with Gasteiger partial charge in [-0.3, -0.25) is 10.2 Å². The summed E-state index contributed by atoms with van der Waals surface area (Å²) in [7, 11) is 0. The summed E-state index contributed by atoms with van der Waals surface area (Å²) in [5, 5.41) is 5.44. The van der Waals surface area contributed by atoms with E-state index in [0.29, 0.717) is 22.6 Å². The van der Waals surface area contributed by atoms with Gasteiger partial charge in [0.1, 0.15) is 28.3 Å². The Morgan fingerprint density at radius 2 is 1.21 bits per heavy atom. The summed E-state index contributed by atoms with van der Waals surface area (Å²) in [5.74, 6) is 1.03. The standard InChI is InChI=1S/C42H46N6O4S/c1-7-45(8-2)28-18-17-27-23-35(40(50)52-36(27)24-28)43-41(53)44-48-39(49)31-15-13-14-16-32(31)42(48)33-21-19-29(46(9-3)10-4)25-37(33)51-38-26-30(20-22-34(38)42)47(11-5)12-6/h13-26H,7-12H2,1-6H3,(H2,43,44,53). The maximum Gasteiger partial charge on any atom is 0.360 e. The molecule has 5 aromatic rings. The van der Waals surface area contributed by atoms with Gasteiger partial charge in [0.05, 0.1) is 0 Å². The maximum atomic E-state index is 14.6. The van der Waals surface area contributed by atoms with E-state index < -0.39 is 11.2 Å². The van der Waals surface area contributed by atoms with Crippen LogP contribution in [0.3, 0.4) is 0 Å². The van der Waals surface area contributed by atoms with Crippen LogP contribution < -0.4 is 35.8 Å². The first kappa shape index (κ1) is 35.8. The van der Waals surface area contributed by atoms with Crippen LogP contribution in [0.4, 0.5) is 22.7 Å². The second-order valence-corrected chi connectivity index (χ2v) is 13.5. The van der Waals surface area contributed by atoms with Crippen LogP contribution in [-0.2, 0) is 5.54 Å². The first-order valence-corrected chi connectivity index (χ1v) is 18.9. The largest absolute Gasteiger partial charge is 0.456 e. The number of carbonyl (C=O) groups is 1. The van der Waals surface area contributed by atoms with E-state index in [2.05, 4.69) is 103 Å². The van der Waals surface area contributed by atoms with Crippen molar-refractivity contribution in [3.8, 4) is 11.5 Å². The Hall–Kier alpha value is -5.55. The lowest BCUT2D eigenvalue weighted by atomic mass is 9.75. The Morgan fingerprint density at radius 3 is 1.77 bits per heavy atom. The number of ether oxygens (including phenoxy) is 1. The number of hydrogen-bond donors (Lipinski definition) is 2. The second-order valence-electron chi connectivity index (χ2n) is 13.1. The third kappa shape index (κ3) is 5.93. The van der Waals surface area contributed by atoms with E-state index in [1.165, 1.54) is 0 Å². The predicted octanol–water partition coefficient (Wildman–Crippen LogP) is 8.09. The van der Waals surface area contributed by atoms with E-state index in [1.807, 2.05) is 42.5 Å². The Morgan fingerprint density at radius 1 is 0.679 bits per heavy atom. The third-order valence-electron chi connectivity index (χ3n) is 10.6. The maximum absolute atomic E-state index is 14.6. The lowest BCUT2D eigenvalue weighted by Gasteiger charge is -2.44. The molecule has 0 saturated carbocycles. The fourth-order valence-corrected chi connectivity index (χ4v) is 8.09. The zero-order valence-electron chi connectivity index (χ0n) is 31.2. The van der Waals surface area contributed by atoms with Crippen LogP contribution in [0.15, 0.2) is 94.1 Å². The molecule has 1 amide bonds. The Labute approximate surface area is 315 Å². The molecule has 0 radical (unpaired) electrons. The molecule has 2 N–H and O–H groups in total. The van der Waals surface area contributed by atoms with Gasteiger partial charge in [0.15, 0.2) is 5.11 Å². The number of anilines is 4. The van der Waals surface area contributed by atoms with E-state index in [4.69, 9.17) is 21.4 Å². The monoisotopic (exact) mass is 730 g/mol. The average Bonchev–Trinajstić information content (AvgIpc) is 3.40. The van der Waals surface area contributed by atoms with Gasteiger partial charge in [-0.1, -0.05) is 30.3 Å². The first-order valence-electron chi connectivity index (χ1n) is 18.5. The number of fused-ring (bicyclic) bond motifs is 7. The molecule has 1 aromatic heterocycles. The first-order chi connectivity index (χ1) is 25.7. The number of hydrogen-bond acceptors (Lipinski definition) is 8. The number of nitrogens with zero attached hydrogens (tertiary/aromatic N) is 4. The Bertz CT molecular complexity index is 2200. The summed E-state index contributed by atoms with van der Waals surface area (Å²) < 4.78 is 12.6. The minimum atomic E-state index is -1.17. The number of thiocarbonyl (C=S) groups is 1. The average molecular weight is 731 g/mol. The molecule has 0 unspecified atom stereocenters. The van der Waals surface area contributed by atoms with Crippen molar-refractivity contribution in [3.05, 3.63) is 118 Å². The molecule has 2 aliphatic heterocycles. The van der Waals surface area contributed by atoms with Crippen molar-refractivity contribution in [2.45, 2.75) is 47.1 Å². The highest BCUT2D eigenvalue weighted by molar-refractivity contribution is 7.80. The van der Waals surface area contributed by atoms with Gasteiger partial charge < -0.3 is 29.2 Å². The molecule has 0 saturated heterocycles. The van der Waals surface area contributed by atoms with E-state index in [0.717, 1.165) is 78.4 Å². The van der Waals surface area contributed by atoms with Crippen LogP contribution in [0.2, 0.25) is 0 Å². The van der Waals surface area contributed by atoms with Crippen molar-refractivity contribution >= 4 is 57.0 Å². The molecule has 11 heteroatoms. The molecule has 274 valence electrons. The van der Waals surface area contributed by atoms with Gasteiger partial charge in [-0.15, -0.1) is 0 Å². The van der Waals surface area contributed by atoms with Crippen LogP contribution >= 0.6 is 12.2 Å². The summed E-state index contributed by atoms with van der Waals surface area (Å²) in [6.07, 6.45) is 0. The van der Waals surface area contributed by atoms with E-state index in [-0.39, 0.29) is 16.7 Å². The Balaban J connectivity index is 1.34. The van der Waals surface area contributed by atoms with Crippen LogP contribution in [0.5, 0.6) is 11.5 Å². The zero-order valence-corrected chi connectivity index (χ0v) is 32.0. The van der Waals surface area contributed by atoms with Gasteiger partial charge in [0.25, 0.3) is 5.91 Å². The summed E-state index contributed by atoms with van der Waals surface area (Å²) >= 11 is 5.88. The molecule has 0 fully saturated rings. The molecule has 0 atom stereocenters. The predicted molar refractivity (Wildman–Crippen MR) is 218 cm³/mol. The van der Waals surface area contributed by atoms with E-state index in [1.54, 1.807) is 11.1 Å². The molecule has 7 rings (SSSR count). The molecular weight excluding hydrogens is 685 g/mol. The van der Waals surface area contributed by atoms with Crippen LogP contribution in [0.25, 0.3) is 11.0 Å². The second kappa shape index (κ2) is 14.5. The number of amides is 1. The lowest BCUT2D eigenvalue weighted by molar-refractivity contribution is 0.0595. The highest BCUT2D eigenvalue weighted by Crippen LogP contribution is 2.57. The minimum Gasteiger partial charge on any atom is -0.456 e. The van der Waals surface area contributed by atoms with Crippen molar-refractivity contribution in [3.63, 3.8) is 0 Å². The van der Waals surface area contributed by atoms with Crippen molar-refractivity contribution in [2.24, 2.45) is 0 Å². The zero-order chi connectivity index (χ0) is 37.4. The highest BCUT2D eigenvalue weighted by atomic mass is 32.1. The number of carbonyl (C=O) groups excluding carboxylic acids is 1. The molecule has 1 spiro atoms. The summed E-state index contributed by atoms with van der Waals surface area (Å²) in [6.45, 7) is 17.7. The summed E-state index contributed by atoms with van der Waals surface area (Å²) in [4.78, 5) is 34.7. The van der Waals surface area contributed by atoms with Crippen LogP contribution in [-0.4, -0.2) is 55.3 Å². The molecule has 0 aliphatic carbocycles. The normalized spacial score (nSPS) is 13.6. The van der Waals surface area contributed by atoms with Gasteiger partial charge >= 0.3 is 5.63 Å². The molecule has 4 aromatic carbocycles. The topological polar surface area (TPSA) is 93.5 Å². The Kier molecular flexibility index (Phi) is 9.78. The van der Waals surface area contributed by atoms with Gasteiger partial charge in [-0.2, -0.15) is 0 Å². The van der Waals surface area contributed by atoms with Crippen molar-refractivity contribution in [1.82, 2.24) is 10.4 Å². The minimum absolute atomic E-state index is 0.0612. The van der Waals surface area contributed by atoms with E-state index in [9.17, 15) is 9.59 Å². The van der Waals surface area contributed by atoms with Crippen LogP contribution in [0.1, 0.15) is 68.6 Å². The smallest absolute Gasteiger partial charge is 0.360 e. The SMILES string of the molecule is CCN(CC)c1ccc2c(c1)Oc1cc(N(CC)CC)ccc1C21c2ccccc2C(=O)N1NC(=S)Nc1cc2ccc(N(CC)CC)cc2oc1=O. The number of rotatable bonds is 11. The van der Waals surface area contributed by atoms with E-state index >= 15 is 0 Å². The quantitative estimate of drug-likeness (QED) is 0.103. The van der Waals surface area contributed by atoms with Gasteiger partial charge in [-0.05, 0) is 90.2 Å². The van der Waals surface area contributed by atoms with Gasteiger partial charge in [-0.25, -0.2) is 9.80 Å². The van der Waals surface area contributed by atoms with Gasteiger partial charge in [0.2, 0.25) is 0 Å². The molecule has 3 heterocycles. The van der Waals surface area contributed by atoms with Crippen molar-refractivity contribution in [1.29, 1.82) is 0 Å². The summed E-state index contributed by atoms with van der Waals surface area (Å²) in [6, 6.07) is 27.6. The van der Waals surface area contributed by atoms with Crippen molar-refractivity contribution < 1.29 is 13.9 Å². The fraction of sp³-hybridized carbons (Fsp3) is 0.310. The highest BCUT2D eigenvalue weighted by Gasteiger charge is 2.57.